The lowest BCUT2D eigenvalue weighted by atomic mass is 10.2. The van der Waals surface area contributed by atoms with E-state index < -0.39 is 22.2 Å². The average molecular weight is 334 g/mol. The lowest BCUT2D eigenvalue weighted by Gasteiger charge is -2.07. The van der Waals surface area contributed by atoms with E-state index in [1.54, 1.807) is 19.1 Å². The summed E-state index contributed by atoms with van der Waals surface area (Å²) in [6, 6.07) is 4.93. The number of aryl methyl sites for hydroxylation is 1. The van der Waals surface area contributed by atoms with Crippen molar-refractivity contribution >= 4 is 27.5 Å². The van der Waals surface area contributed by atoms with Crippen LogP contribution in [0.3, 0.4) is 0 Å². The number of aromatic nitrogens is 2. The minimum atomic E-state index is -1.19. The molecule has 0 bridgehead atoms. The Bertz CT molecular complexity index is 719. The number of nitrogens with zero attached hydrogens (tertiary/aromatic N) is 1. The van der Waals surface area contributed by atoms with Crippen molar-refractivity contribution in [3.8, 4) is 5.69 Å². The van der Waals surface area contributed by atoms with Gasteiger partial charge in [-0.1, -0.05) is 27.5 Å². The first-order valence-electron chi connectivity index (χ1n) is 4.88. The maximum Gasteiger partial charge on any atom is 0.334 e. The Morgan fingerprint density at radius 2 is 2.00 bits per heavy atom. The monoisotopic (exact) mass is 332 g/mol. The van der Waals surface area contributed by atoms with Crippen molar-refractivity contribution < 1.29 is 4.39 Å². The zero-order valence-corrected chi connectivity index (χ0v) is 11.5. The third-order valence-corrected chi connectivity index (χ3v) is 3.01. The molecule has 1 aromatic carbocycles. The second-order valence-corrected chi connectivity index (χ2v) is 4.98. The molecule has 0 spiro atoms. The molecule has 0 aliphatic carbocycles. The Balaban J connectivity index is 2.84. The lowest BCUT2D eigenvalue weighted by molar-refractivity contribution is 0.584. The van der Waals surface area contributed by atoms with E-state index >= 15 is 0 Å². The highest BCUT2D eigenvalue weighted by atomic mass is 79.9. The van der Waals surface area contributed by atoms with E-state index in [9.17, 15) is 14.0 Å². The van der Waals surface area contributed by atoms with E-state index in [4.69, 9.17) is 11.6 Å². The molecular weight excluding hydrogens is 326 g/mol. The Kier molecular flexibility index (Phi) is 3.41. The van der Waals surface area contributed by atoms with Crippen LogP contribution in [0.25, 0.3) is 5.69 Å². The van der Waals surface area contributed by atoms with Crippen molar-refractivity contribution in [2.24, 2.45) is 0 Å². The Hall–Kier alpha value is -1.40. The topological polar surface area (TPSA) is 54.9 Å². The highest BCUT2D eigenvalue weighted by Crippen LogP contribution is 2.17. The number of hydrogen-bond acceptors (Lipinski definition) is 2. The second kappa shape index (κ2) is 4.70. The first kappa shape index (κ1) is 13.0. The van der Waals surface area contributed by atoms with Gasteiger partial charge in [-0.15, -0.1) is 0 Å². The zero-order chi connectivity index (χ0) is 13.4. The first-order valence-corrected chi connectivity index (χ1v) is 6.05. The predicted molar refractivity (Wildman–Crippen MR) is 70.1 cm³/mol. The molecule has 1 heterocycles. The summed E-state index contributed by atoms with van der Waals surface area (Å²) >= 11 is 8.63. The summed E-state index contributed by atoms with van der Waals surface area (Å²) in [6.45, 7) is 1.79. The van der Waals surface area contributed by atoms with Gasteiger partial charge in [0, 0.05) is 4.47 Å². The smallest absolute Gasteiger partial charge is 0.295 e. The van der Waals surface area contributed by atoms with E-state index in [1.807, 2.05) is 0 Å². The van der Waals surface area contributed by atoms with Gasteiger partial charge in [-0.2, -0.15) is 4.39 Å². The minimum Gasteiger partial charge on any atom is -0.295 e. The van der Waals surface area contributed by atoms with Crippen LogP contribution in [0.15, 0.2) is 32.3 Å². The molecule has 0 unspecified atom stereocenters. The number of rotatable bonds is 1. The zero-order valence-electron chi connectivity index (χ0n) is 9.13. The van der Waals surface area contributed by atoms with Gasteiger partial charge in [-0.25, -0.2) is 9.36 Å². The normalized spacial score (nSPS) is 10.7. The highest BCUT2D eigenvalue weighted by molar-refractivity contribution is 9.10. The molecule has 1 aromatic heterocycles. The maximum absolute atomic E-state index is 13.4. The van der Waals surface area contributed by atoms with Crippen LogP contribution in [0, 0.1) is 12.7 Å². The van der Waals surface area contributed by atoms with Crippen molar-refractivity contribution in [1.82, 2.24) is 9.55 Å². The van der Waals surface area contributed by atoms with E-state index in [1.165, 1.54) is 6.07 Å². The van der Waals surface area contributed by atoms with Gasteiger partial charge >= 0.3 is 5.69 Å². The van der Waals surface area contributed by atoms with Crippen LogP contribution in [-0.4, -0.2) is 9.55 Å². The fourth-order valence-corrected chi connectivity index (χ4v) is 2.33. The van der Waals surface area contributed by atoms with Crippen LogP contribution < -0.4 is 11.2 Å². The Labute approximate surface area is 114 Å². The van der Waals surface area contributed by atoms with Gasteiger partial charge in [-0.3, -0.25) is 9.78 Å². The van der Waals surface area contributed by atoms with Crippen LogP contribution in [0.2, 0.25) is 5.15 Å². The SMILES string of the molecule is Cc1cc(Br)cc(-n2c(=O)[nH]c(Cl)c(F)c2=O)c1. The number of halogens is 3. The van der Waals surface area contributed by atoms with Gasteiger partial charge in [-0.05, 0) is 30.7 Å². The van der Waals surface area contributed by atoms with Gasteiger partial charge < -0.3 is 0 Å². The van der Waals surface area contributed by atoms with E-state index in [0.717, 1.165) is 5.56 Å². The summed E-state index contributed by atoms with van der Waals surface area (Å²) < 4.78 is 14.8. The molecule has 0 saturated carbocycles. The average Bonchev–Trinajstić information content (AvgIpc) is 2.24. The standard InChI is InChI=1S/C11H7BrClFN2O2/c1-5-2-6(12)4-7(3-5)16-10(17)8(14)9(13)15-11(16)18/h2-4H,1H3,(H,15,18). The molecule has 94 valence electrons. The molecule has 1 N–H and O–H groups in total. The van der Waals surface area contributed by atoms with Crippen molar-refractivity contribution in [2.45, 2.75) is 6.92 Å². The molecule has 2 aromatic rings. The van der Waals surface area contributed by atoms with Crippen LogP contribution in [0.1, 0.15) is 5.56 Å². The van der Waals surface area contributed by atoms with Crippen molar-refractivity contribution in [3.63, 3.8) is 0 Å². The number of hydrogen-bond donors (Lipinski definition) is 1. The summed E-state index contributed by atoms with van der Waals surface area (Å²) in [6.07, 6.45) is 0. The molecule has 0 amide bonds. The molecule has 4 nitrogen and oxygen atoms in total. The molecule has 0 aliphatic heterocycles. The summed E-state index contributed by atoms with van der Waals surface area (Å²) in [5.74, 6) is -1.19. The summed E-state index contributed by atoms with van der Waals surface area (Å²) in [7, 11) is 0. The first-order chi connectivity index (χ1) is 8.40. The Morgan fingerprint density at radius 3 is 2.61 bits per heavy atom. The molecule has 2 rings (SSSR count). The second-order valence-electron chi connectivity index (χ2n) is 3.69. The molecule has 0 radical (unpaired) electrons. The Morgan fingerprint density at radius 1 is 1.33 bits per heavy atom. The molecule has 0 fully saturated rings. The molecule has 18 heavy (non-hydrogen) atoms. The van der Waals surface area contributed by atoms with Gasteiger partial charge in [0.1, 0.15) is 0 Å². The highest BCUT2D eigenvalue weighted by Gasteiger charge is 2.14. The predicted octanol–water partition coefficient (Wildman–Crippen LogP) is 2.39. The molecular formula is C11H7BrClFN2O2. The number of H-pyrrole nitrogens is 1. The molecule has 0 aliphatic rings. The molecule has 0 saturated heterocycles. The van der Waals surface area contributed by atoms with Crippen molar-refractivity contribution in [1.29, 1.82) is 0 Å². The largest absolute Gasteiger partial charge is 0.334 e. The van der Waals surface area contributed by atoms with Gasteiger partial charge in [0.2, 0.25) is 5.82 Å². The van der Waals surface area contributed by atoms with Crippen molar-refractivity contribution in [2.75, 3.05) is 0 Å². The third kappa shape index (κ3) is 2.26. The van der Waals surface area contributed by atoms with Gasteiger partial charge in [0.25, 0.3) is 5.56 Å². The van der Waals surface area contributed by atoms with Crippen LogP contribution in [0.5, 0.6) is 0 Å². The summed E-state index contributed by atoms with van der Waals surface area (Å²) in [5.41, 5.74) is -0.783. The summed E-state index contributed by atoms with van der Waals surface area (Å²) in [4.78, 5) is 25.4. The lowest BCUT2D eigenvalue weighted by Crippen LogP contribution is -2.35. The quantitative estimate of drug-likeness (QED) is 0.815. The van der Waals surface area contributed by atoms with Gasteiger partial charge in [0.15, 0.2) is 5.15 Å². The van der Waals surface area contributed by atoms with Crippen LogP contribution >= 0.6 is 27.5 Å². The number of nitrogens with one attached hydrogen (secondary N) is 1. The van der Waals surface area contributed by atoms with Crippen LogP contribution in [-0.2, 0) is 0 Å². The summed E-state index contributed by atoms with van der Waals surface area (Å²) in [5, 5.41) is -0.590. The van der Waals surface area contributed by atoms with E-state index in [2.05, 4.69) is 20.9 Å². The fourth-order valence-electron chi connectivity index (χ4n) is 1.57. The molecule has 0 atom stereocenters. The third-order valence-electron chi connectivity index (χ3n) is 2.29. The number of benzene rings is 1. The minimum absolute atomic E-state index is 0.267. The number of aromatic amines is 1. The van der Waals surface area contributed by atoms with E-state index in [0.29, 0.717) is 9.04 Å². The fraction of sp³-hybridized carbons (Fsp3) is 0.0909. The van der Waals surface area contributed by atoms with E-state index in [-0.39, 0.29) is 5.69 Å². The maximum atomic E-state index is 13.4. The molecule has 7 heteroatoms. The van der Waals surface area contributed by atoms with Gasteiger partial charge in [0.05, 0.1) is 5.69 Å². The van der Waals surface area contributed by atoms with Crippen molar-refractivity contribution in [3.05, 3.63) is 60.0 Å². The van der Waals surface area contributed by atoms with Crippen LogP contribution in [0.4, 0.5) is 4.39 Å².